The van der Waals surface area contributed by atoms with Crippen LogP contribution in [-0.4, -0.2) is 34.9 Å². The molecule has 5 nitrogen and oxygen atoms in total. The van der Waals surface area contributed by atoms with Gasteiger partial charge in [-0.05, 0) is 40.8 Å². The lowest BCUT2D eigenvalue weighted by Crippen LogP contribution is -2.38. The van der Waals surface area contributed by atoms with Crippen molar-refractivity contribution in [1.29, 1.82) is 0 Å². The Balaban J connectivity index is 2.08. The molecule has 0 saturated carbocycles. The summed E-state index contributed by atoms with van der Waals surface area (Å²) < 4.78 is 25.1. The number of hydrogen-bond donors (Lipinski definition) is 0. The first-order chi connectivity index (χ1) is 7.55. The zero-order chi connectivity index (χ0) is 11.3. The van der Waals surface area contributed by atoms with E-state index in [1.807, 2.05) is 18.2 Å². The predicted octanol–water partition coefficient (Wildman–Crippen LogP) is 1.01. The highest BCUT2D eigenvalue weighted by atomic mass is 127. The van der Waals surface area contributed by atoms with Gasteiger partial charge in [0.25, 0.3) is 0 Å². The summed E-state index contributed by atoms with van der Waals surface area (Å²) >= 11 is 2.22. The second kappa shape index (κ2) is 3.39. The smallest absolute Gasteiger partial charge is 0.154 e. The van der Waals surface area contributed by atoms with Gasteiger partial charge in [-0.1, -0.05) is 5.21 Å². The number of rotatable bonds is 1. The Morgan fingerprint density at radius 3 is 2.81 bits per heavy atom. The van der Waals surface area contributed by atoms with E-state index in [-0.39, 0.29) is 17.5 Å². The van der Waals surface area contributed by atoms with Crippen LogP contribution in [0, 0.1) is 3.57 Å². The fraction of sp³-hybridized carbons (Fsp3) is 0.333. The van der Waals surface area contributed by atoms with E-state index >= 15 is 0 Å². The number of sulfone groups is 1. The number of fused-ring (bicyclic) bond motifs is 1. The summed E-state index contributed by atoms with van der Waals surface area (Å²) in [7, 11) is -2.83. The summed E-state index contributed by atoms with van der Waals surface area (Å²) in [6.45, 7) is 0. The second-order valence-corrected chi connectivity index (χ2v) is 7.30. The second-order valence-electron chi connectivity index (χ2n) is 3.90. The lowest BCUT2D eigenvalue weighted by molar-refractivity contribution is 0.473. The minimum atomic E-state index is -2.83. The minimum Gasteiger partial charge on any atom is -0.240 e. The van der Waals surface area contributed by atoms with Gasteiger partial charge >= 0.3 is 0 Å². The summed E-state index contributed by atoms with van der Waals surface area (Å²) in [5, 5.41) is 8.05. The molecule has 0 N–H and O–H groups in total. The molecule has 1 aromatic heterocycles. The third-order valence-electron chi connectivity index (χ3n) is 2.67. The standard InChI is InChI=1S/C9H8IN3O2S/c10-6-1-2-8-9(3-6)13(12-11-8)7-4-16(14,15)5-7/h1-3,7H,4-5H2. The van der Waals surface area contributed by atoms with E-state index in [9.17, 15) is 8.42 Å². The maximum atomic E-state index is 11.1. The molecule has 1 aliphatic rings. The van der Waals surface area contributed by atoms with Gasteiger partial charge in [-0.2, -0.15) is 0 Å². The molecule has 1 saturated heterocycles. The lowest BCUT2D eigenvalue weighted by Gasteiger charge is -2.25. The Labute approximate surface area is 106 Å². The predicted molar refractivity (Wildman–Crippen MR) is 67.9 cm³/mol. The Hall–Kier alpha value is -0.700. The molecule has 0 bridgehead atoms. The molecule has 0 aliphatic carbocycles. The van der Waals surface area contributed by atoms with Gasteiger partial charge in [0.05, 0.1) is 23.1 Å². The first-order valence-corrected chi connectivity index (χ1v) is 7.66. The van der Waals surface area contributed by atoms with Gasteiger partial charge in [0.1, 0.15) is 5.52 Å². The third kappa shape index (κ3) is 1.61. The van der Waals surface area contributed by atoms with Crippen molar-refractivity contribution in [2.45, 2.75) is 6.04 Å². The summed E-state index contributed by atoms with van der Waals surface area (Å²) in [6, 6.07) is 5.78. The summed E-state index contributed by atoms with van der Waals surface area (Å²) in [5.74, 6) is 0.355. The maximum absolute atomic E-state index is 11.1. The highest BCUT2D eigenvalue weighted by molar-refractivity contribution is 14.1. The van der Waals surface area contributed by atoms with Crippen LogP contribution in [0.4, 0.5) is 0 Å². The molecular weight excluding hydrogens is 341 g/mol. The van der Waals surface area contributed by atoms with Crippen LogP contribution in [0.1, 0.15) is 6.04 Å². The first-order valence-electron chi connectivity index (χ1n) is 4.76. The third-order valence-corrected chi connectivity index (χ3v) is 5.13. The van der Waals surface area contributed by atoms with Crippen molar-refractivity contribution >= 4 is 43.5 Å². The number of aromatic nitrogens is 3. The van der Waals surface area contributed by atoms with Crippen LogP contribution in [-0.2, 0) is 9.84 Å². The molecule has 2 heterocycles. The zero-order valence-corrected chi connectivity index (χ0v) is 11.1. The van der Waals surface area contributed by atoms with Crippen LogP contribution in [0.15, 0.2) is 18.2 Å². The van der Waals surface area contributed by atoms with Crippen molar-refractivity contribution < 1.29 is 8.42 Å². The summed E-state index contributed by atoms with van der Waals surface area (Å²) in [5.41, 5.74) is 1.72. The Kier molecular flexibility index (Phi) is 2.22. The van der Waals surface area contributed by atoms with Crippen LogP contribution in [0.2, 0.25) is 0 Å². The van der Waals surface area contributed by atoms with Crippen molar-refractivity contribution in [3.05, 3.63) is 21.8 Å². The van der Waals surface area contributed by atoms with Gasteiger partial charge in [-0.15, -0.1) is 5.10 Å². The lowest BCUT2D eigenvalue weighted by atomic mass is 10.3. The van der Waals surface area contributed by atoms with Gasteiger partial charge in [-0.25, -0.2) is 13.1 Å². The number of halogens is 1. The Morgan fingerprint density at radius 1 is 1.38 bits per heavy atom. The minimum absolute atomic E-state index is 0.0480. The summed E-state index contributed by atoms with van der Waals surface area (Å²) in [6.07, 6.45) is 0. The maximum Gasteiger partial charge on any atom is 0.154 e. The molecule has 84 valence electrons. The van der Waals surface area contributed by atoms with E-state index in [1.54, 1.807) is 4.68 Å². The fourth-order valence-electron chi connectivity index (χ4n) is 1.86. The molecular formula is C9H8IN3O2S. The Morgan fingerprint density at radius 2 is 2.12 bits per heavy atom. The van der Waals surface area contributed by atoms with Crippen LogP contribution in [0.3, 0.4) is 0 Å². The molecule has 1 fully saturated rings. The van der Waals surface area contributed by atoms with E-state index < -0.39 is 9.84 Å². The van der Waals surface area contributed by atoms with Crippen LogP contribution in [0.5, 0.6) is 0 Å². The molecule has 0 unspecified atom stereocenters. The molecule has 1 aliphatic heterocycles. The Bertz CT molecular complexity index is 652. The number of nitrogens with zero attached hydrogens (tertiary/aromatic N) is 3. The first kappa shape index (κ1) is 10.5. The van der Waals surface area contributed by atoms with Crippen LogP contribution < -0.4 is 0 Å². The van der Waals surface area contributed by atoms with Crippen molar-refractivity contribution in [2.24, 2.45) is 0 Å². The van der Waals surface area contributed by atoms with Gasteiger partial charge < -0.3 is 0 Å². The molecule has 2 aromatic rings. The normalized spacial score (nSPS) is 19.8. The summed E-state index contributed by atoms with van der Waals surface area (Å²) in [4.78, 5) is 0. The molecule has 3 rings (SSSR count). The van der Waals surface area contributed by atoms with Crippen LogP contribution >= 0.6 is 22.6 Å². The van der Waals surface area contributed by atoms with Crippen LogP contribution in [0.25, 0.3) is 11.0 Å². The quantitative estimate of drug-likeness (QED) is 0.721. The molecule has 7 heteroatoms. The average molecular weight is 349 g/mol. The van der Waals surface area contributed by atoms with Crippen molar-refractivity contribution in [1.82, 2.24) is 15.0 Å². The van der Waals surface area contributed by atoms with Crippen molar-refractivity contribution in [3.8, 4) is 0 Å². The number of benzene rings is 1. The number of hydrogen-bond acceptors (Lipinski definition) is 4. The SMILES string of the molecule is O=S1(=O)CC(n2nnc3ccc(I)cc32)C1. The average Bonchev–Trinajstić information content (AvgIpc) is 2.56. The van der Waals surface area contributed by atoms with E-state index in [2.05, 4.69) is 32.9 Å². The fourth-order valence-corrected chi connectivity index (χ4v) is 3.69. The molecule has 0 atom stereocenters. The highest BCUT2D eigenvalue weighted by Crippen LogP contribution is 2.26. The molecule has 16 heavy (non-hydrogen) atoms. The monoisotopic (exact) mass is 349 g/mol. The van der Waals surface area contributed by atoms with E-state index in [4.69, 9.17) is 0 Å². The zero-order valence-electron chi connectivity index (χ0n) is 8.17. The molecule has 0 spiro atoms. The van der Waals surface area contributed by atoms with E-state index in [0.29, 0.717) is 0 Å². The van der Waals surface area contributed by atoms with Gasteiger partial charge in [0, 0.05) is 3.57 Å². The highest BCUT2D eigenvalue weighted by Gasteiger charge is 2.36. The van der Waals surface area contributed by atoms with Gasteiger partial charge in [0.2, 0.25) is 0 Å². The van der Waals surface area contributed by atoms with Crippen molar-refractivity contribution in [3.63, 3.8) is 0 Å². The largest absolute Gasteiger partial charge is 0.240 e. The van der Waals surface area contributed by atoms with E-state index in [0.717, 1.165) is 14.6 Å². The van der Waals surface area contributed by atoms with Gasteiger partial charge in [0.15, 0.2) is 9.84 Å². The van der Waals surface area contributed by atoms with E-state index in [1.165, 1.54) is 0 Å². The molecule has 0 amide bonds. The topological polar surface area (TPSA) is 64.8 Å². The molecule has 1 aromatic carbocycles. The molecule has 0 radical (unpaired) electrons. The van der Waals surface area contributed by atoms with Gasteiger partial charge in [-0.3, -0.25) is 0 Å². The van der Waals surface area contributed by atoms with Crippen molar-refractivity contribution in [2.75, 3.05) is 11.5 Å².